The van der Waals surface area contributed by atoms with Gasteiger partial charge < -0.3 is 24.8 Å². The van der Waals surface area contributed by atoms with E-state index in [-0.39, 0.29) is 45.9 Å². The van der Waals surface area contributed by atoms with Gasteiger partial charge in [0, 0.05) is 29.6 Å². The number of aliphatic hydroxyl groups excluding tert-OH is 2. The Kier molecular flexibility index (Phi) is 3.62. The van der Waals surface area contributed by atoms with E-state index in [1.807, 2.05) is 6.92 Å². The molecule has 30 heavy (non-hydrogen) atoms. The van der Waals surface area contributed by atoms with Crippen molar-refractivity contribution in [3.05, 3.63) is 17.4 Å². The summed E-state index contributed by atoms with van der Waals surface area (Å²) in [5, 5.41) is 37.6. The molecular formula is C24H35NO5. The van der Waals surface area contributed by atoms with Crippen LogP contribution in [0.3, 0.4) is 0 Å². The highest BCUT2D eigenvalue weighted by Crippen LogP contribution is 2.84. The fraction of sp³-hybridized carbons (Fsp3) is 0.875. The number of hydrogen-bond acceptors (Lipinski definition) is 5. The lowest BCUT2D eigenvalue weighted by molar-refractivity contribution is -0.927. The molecule has 6 aliphatic rings. The number of carbonyl (C=O) groups excluding carboxylic acids is 1. The molecule has 166 valence electrons. The van der Waals surface area contributed by atoms with Crippen LogP contribution in [-0.4, -0.2) is 58.3 Å². The largest absolute Gasteiger partial charge is 0.633 e. The van der Waals surface area contributed by atoms with Crippen LogP contribution in [0.1, 0.15) is 52.9 Å². The highest BCUT2D eigenvalue weighted by atomic mass is 16.6. The van der Waals surface area contributed by atoms with Crippen LogP contribution in [0, 0.1) is 45.1 Å². The molecule has 7 bridgehead atoms. The average Bonchev–Trinajstić information content (AvgIpc) is 3.23. The summed E-state index contributed by atoms with van der Waals surface area (Å²) in [6, 6.07) is -0.168. The molecule has 6 heteroatoms. The van der Waals surface area contributed by atoms with Crippen molar-refractivity contribution in [3.8, 4) is 0 Å². The number of esters is 1. The molecule has 2 N–H and O–H groups in total. The third-order valence-corrected chi connectivity index (χ3v) is 11.2. The van der Waals surface area contributed by atoms with E-state index in [2.05, 4.69) is 13.5 Å². The van der Waals surface area contributed by atoms with Crippen molar-refractivity contribution in [2.24, 2.45) is 39.9 Å². The Hall–Kier alpha value is -0.950. The first-order valence-corrected chi connectivity index (χ1v) is 11.9. The lowest BCUT2D eigenvalue weighted by Crippen LogP contribution is -2.73. The fourth-order valence-electron chi connectivity index (χ4n) is 10.6. The van der Waals surface area contributed by atoms with Crippen LogP contribution < -0.4 is 0 Å². The topological polar surface area (TPSA) is 89.8 Å². The Morgan fingerprint density at radius 3 is 2.73 bits per heavy atom. The number of fused-ring (bicyclic) bond motifs is 1. The number of nitrogens with zero attached hydrogens (tertiary/aromatic N) is 1. The van der Waals surface area contributed by atoms with E-state index in [1.54, 1.807) is 0 Å². The summed E-state index contributed by atoms with van der Waals surface area (Å²) in [6.07, 6.45) is 2.42. The second-order valence-electron chi connectivity index (χ2n) is 11.8. The van der Waals surface area contributed by atoms with Crippen LogP contribution in [-0.2, 0) is 9.53 Å². The number of hydroxylamine groups is 3. The summed E-state index contributed by atoms with van der Waals surface area (Å²) < 4.78 is 5.53. The molecule has 6 fully saturated rings. The van der Waals surface area contributed by atoms with Gasteiger partial charge in [-0.25, -0.2) is 0 Å². The Morgan fingerprint density at radius 1 is 1.33 bits per heavy atom. The molecule has 5 saturated carbocycles. The van der Waals surface area contributed by atoms with Crippen molar-refractivity contribution in [3.63, 3.8) is 0 Å². The molecule has 0 radical (unpaired) electrons. The Morgan fingerprint density at radius 2 is 2.07 bits per heavy atom. The van der Waals surface area contributed by atoms with Crippen molar-refractivity contribution in [2.45, 2.75) is 77.2 Å². The minimum absolute atomic E-state index is 0.00141. The van der Waals surface area contributed by atoms with Gasteiger partial charge in [-0.3, -0.25) is 4.79 Å². The van der Waals surface area contributed by atoms with Crippen molar-refractivity contribution in [2.75, 3.05) is 13.1 Å². The van der Waals surface area contributed by atoms with E-state index in [0.29, 0.717) is 25.4 Å². The van der Waals surface area contributed by atoms with Crippen LogP contribution in [0.25, 0.3) is 0 Å². The van der Waals surface area contributed by atoms with Crippen LogP contribution >= 0.6 is 0 Å². The number of ether oxygens (including phenoxy) is 1. The van der Waals surface area contributed by atoms with E-state index >= 15 is 0 Å². The third-order valence-electron chi connectivity index (χ3n) is 11.2. The van der Waals surface area contributed by atoms with Crippen LogP contribution in [0.4, 0.5) is 0 Å². The van der Waals surface area contributed by atoms with Crippen molar-refractivity contribution in [1.29, 1.82) is 0 Å². The van der Waals surface area contributed by atoms with Crippen LogP contribution in [0.2, 0.25) is 0 Å². The molecule has 5 aliphatic carbocycles. The van der Waals surface area contributed by atoms with E-state index in [0.717, 1.165) is 31.3 Å². The summed E-state index contributed by atoms with van der Waals surface area (Å²) >= 11 is 0. The van der Waals surface area contributed by atoms with E-state index < -0.39 is 23.0 Å². The molecule has 0 aromatic rings. The molecule has 1 saturated heterocycles. The molecule has 0 amide bonds. The number of aliphatic hydroxyl groups is 2. The third kappa shape index (κ3) is 1.80. The number of quaternary nitrogens is 1. The van der Waals surface area contributed by atoms with Gasteiger partial charge in [-0.15, -0.1) is 0 Å². The summed E-state index contributed by atoms with van der Waals surface area (Å²) in [5.41, 5.74) is -0.177. The Balaban J connectivity index is 1.58. The summed E-state index contributed by atoms with van der Waals surface area (Å²) in [5.74, 6) is 0.0647. The number of hydrogen-bond donors (Lipinski definition) is 2. The Bertz CT molecular complexity index is 845. The fourth-order valence-corrected chi connectivity index (χ4v) is 10.6. The first kappa shape index (κ1) is 19.7. The maximum atomic E-state index is 14.4. The minimum atomic E-state index is -0.676. The zero-order valence-electron chi connectivity index (χ0n) is 18.3. The van der Waals surface area contributed by atoms with Gasteiger partial charge in [-0.05, 0) is 56.4 Å². The minimum Gasteiger partial charge on any atom is -0.633 e. The van der Waals surface area contributed by atoms with Gasteiger partial charge in [0.2, 0.25) is 0 Å². The molecule has 12 atom stereocenters. The highest BCUT2D eigenvalue weighted by molar-refractivity contribution is 5.66. The first-order valence-electron chi connectivity index (χ1n) is 11.9. The van der Waals surface area contributed by atoms with Crippen LogP contribution in [0.5, 0.6) is 0 Å². The van der Waals surface area contributed by atoms with Crippen LogP contribution in [0.15, 0.2) is 12.2 Å². The molecule has 6 nitrogen and oxygen atoms in total. The predicted molar refractivity (Wildman–Crippen MR) is 110 cm³/mol. The van der Waals surface area contributed by atoms with E-state index in [1.165, 1.54) is 6.92 Å². The van der Waals surface area contributed by atoms with Gasteiger partial charge in [0.05, 0.1) is 30.7 Å². The number of likely N-dealkylation sites (tertiary alicyclic amines) is 1. The van der Waals surface area contributed by atoms with E-state index in [4.69, 9.17) is 4.74 Å². The molecule has 0 aromatic heterocycles. The number of piperidine rings is 1. The smallest absolute Gasteiger partial charge is 0.302 e. The molecule has 1 aliphatic heterocycles. The maximum absolute atomic E-state index is 14.4. The molecule has 1 heterocycles. The first-order chi connectivity index (χ1) is 14.1. The zero-order valence-corrected chi connectivity index (χ0v) is 18.3. The molecule has 0 aromatic carbocycles. The molecule has 2 spiro atoms. The predicted octanol–water partition coefficient (Wildman–Crippen LogP) is 2.38. The number of rotatable bonds is 2. The SMILES string of the molecule is C=C1[C@H]2C[C@@]3([C@@H]1O)[C@@H](C[C@@H]2OC(C)=O)[C@@]12C4[C@@H]3C[C@@H]1[C@@](C)(CC[C@@H]2O)C[N@@+]4([O-])CC. The van der Waals surface area contributed by atoms with Crippen molar-refractivity contribution in [1.82, 2.24) is 0 Å². The van der Waals surface area contributed by atoms with E-state index in [9.17, 15) is 20.2 Å². The second-order valence-corrected chi connectivity index (χ2v) is 11.8. The zero-order chi connectivity index (χ0) is 21.4. The quantitative estimate of drug-likeness (QED) is 0.312. The van der Waals surface area contributed by atoms with Gasteiger partial charge in [-0.1, -0.05) is 13.5 Å². The summed E-state index contributed by atoms with van der Waals surface area (Å²) in [4.78, 5) is 11.9. The molecule has 1 unspecified atom stereocenters. The monoisotopic (exact) mass is 417 g/mol. The molecule has 6 rings (SSSR count). The van der Waals surface area contributed by atoms with Crippen molar-refractivity contribution < 1.29 is 24.4 Å². The van der Waals surface area contributed by atoms with Gasteiger partial charge in [0.25, 0.3) is 0 Å². The summed E-state index contributed by atoms with van der Waals surface area (Å²) in [6.45, 7) is 11.1. The van der Waals surface area contributed by atoms with Gasteiger partial charge in [0.1, 0.15) is 12.1 Å². The number of carbonyl (C=O) groups is 1. The highest BCUT2D eigenvalue weighted by Gasteiger charge is 2.88. The Labute approximate surface area is 178 Å². The van der Waals surface area contributed by atoms with Gasteiger partial charge in [-0.2, -0.15) is 0 Å². The lowest BCUT2D eigenvalue weighted by Gasteiger charge is -2.68. The average molecular weight is 418 g/mol. The van der Waals surface area contributed by atoms with Gasteiger partial charge >= 0.3 is 5.97 Å². The second kappa shape index (κ2) is 5.51. The van der Waals surface area contributed by atoms with Crippen molar-refractivity contribution >= 4 is 5.97 Å². The molecular weight excluding hydrogens is 382 g/mol. The normalized spacial score (nSPS) is 62.4. The van der Waals surface area contributed by atoms with Gasteiger partial charge in [0.15, 0.2) is 0 Å². The maximum Gasteiger partial charge on any atom is 0.302 e. The lowest BCUT2D eigenvalue weighted by atomic mass is 9.43. The summed E-state index contributed by atoms with van der Waals surface area (Å²) in [7, 11) is 0. The standard InChI is InChI=1S/C24H35NO5/c1-5-25(29)11-22(4)7-6-19(27)24-17(22)8-15(20(24)25)23-10-14(12(2)21(23)28)16(9-18(23)24)30-13(3)26/h14-21,27-28H,2,5-11H2,1,3-4H3/t14-,15+,16+,17-,18-,19+,20?,21-,22+,23+,24+,25+/m1/s1.